The second-order valence-electron chi connectivity index (χ2n) is 1.81. The second kappa shape index (κ2) is 7.18. The standard InChI is InChI=1S/C8H10O2S2/c1-3-11-7(9)5-6-8(10)12-4-2/h3-4H,1-2,5-6H2. The summed E-state index contributed by atoms with van der Waals surface area (Å²) in [4.78, 5) is 21.7. The predicted octanol–water partition coefficient (Wildman–Crippen LogP) is 2.57. The zero-order valence-electron chi connectivity index (χ0n) is 6.62. The summed E-state index contributed by atoms with van der Waals surface area (Å²) in [6.07, 6.45) is 0.548. The van der Waals surface area contributed by atoms with Crippen molar-refractivity contribution in [1.82, 2.24) is 0 Å². The first-order chi connectivity index (χ1) is 5.70. The van der Waals surface area contributed by atoms with Crippen molar-refractivity contribution in [2.45, 2.75) is 12.8 Å². The zero-order valence-corrected chi connectivity index (χ0v) is 8.25. The van der Waals surface area contributed by atoms with Gasteiger partial charge in [-0.1, -0.05) is 36.7 Å². The van der Waals surface area contributed by atoms with E-state index in [1.54, 1.807) is 0 Å². The van der Waals surface area contributed by atoms with Crippen LogP contribution in [0.1, 0.15) is 12.8 Å². The minimum absolute atomic E-state index is 0.0250. The summed E-state index contributed by atoms with van der Waals surface area (Å²) in [5.41, 5.74) is 0. The Kier molecular flexibility index (Phi) is 6.90. The highest BCUT2D eigenvalue weighted by molar-refractivity contribution is 8.16. The molecule has 0 aliphatic heterocycles. The van der Waals surface area contributed by atoms with E-state index in [9.17, 15) is 9.59 Å². The highest BCUT2D eigenvalue weighted by Gasteiger charge is 2.04. The fraction of sp³-hybridized carbons (Fsp3) is 0.250. The van der Waals surface area contributed by atoms with Gasteiger partial charge < -0.3 is 0 Å². The normalized spacial score (nSPS) is 9.00. The highest BCUT2D eigenvalue weighted by atomic mass is 32.2. The Bertz CT molecular complexity index is 177. The van der Waals surface area contributed by atoms with Gasteiger partial charge in [0.15, 0.2) is 10.2 Å². The maximum Gasteiger partial charge on any atom is 0.193 e. The minimum atomic E-state index is -0.0250. The van der Waals surface area contributed by atoms with E-state index >= 15 is 0 Å². The summed E-state index contributed by atoms with van der Waals surface area (Å²) in [5.74, 6) is 0. The SMILES string of the molecule is C=CSC(=O)CCC(=O)SC=C. The molecule has 4 heteroatoms. The van der Waals surface area contributed by atoms with Gasteiger partial charge in [-0.2, -0.15) is 0 Å². The van der Waals surface area contributed by atoms with E-state index < -0.39 is 0 Å². The molecule has 66 valence electrons. The van der Waals surface area contributed by atoms with Gasteiger partial charge in [-0.25, -0.2) is 0 Å². The molecule has 12 heavy (non-hydrogen) atoms. The van der Waals surface area contributed by atoms with E-state index in [1.165, 1.54) is 10.8 Å². The molecular weight excluding hydrogens is 192 g/mol. The van der Waals surface area contributed by atoms with Crippen molar-refractivity contribution in [1.29, 1.82) is 0 Å². The smallest absolute Gasteiger partial charge is 0.193 e. The van der Waals surface area contributed by atoms with Crippen LogP contribution in [-0.2, 0) is 9.59 Å². The third-order valence-electron chi connectivity index (χ3n) is 0.963. The molecule has 0 aromatic carbocycles. The van der Waals surface area contributed by atoms with E-state index in [4.69, 9.17) is 0 Å². The van der Waals surface area contributed by atoms with Gasteiger partial charge >= 0.3 is 0 Å². The number of hydrogen-bond acceptors (Lipinski definition) is 4. The number of thioether (sulfide) groups is 2. The quantitative estimate of drug-likeness (QED) is 0.686. The van der Waals surface area contributed by atoms with E-state index in [1.807, 2.05) is 0 Å². The molecule has 0 unspecified atom stereocenters. The molecule has 0 rings (SSSR count). The van der Waals surface area contributed by atoms with Gasteiger partial charge in [-0.05, 0) is 10.8 Å². The molecule has 0 aromatic rings. The predicted molar refractivity (Wildman–Crippen MR) is 54.8 cm³/mol. The summed E-state index contributed by atoms with van der Waals surface area (Å²) >= 11 is 2.06. The van der Waals surface area contributed by atoms with Crippen molar-refractivity contribution in [2.75, 3.05) is 0 Å². The molecule has 0 aliphatic carbocycles. The Morgan fingerprint density at radius 2 is 1.33 bits per heavy atom. The minimum Gasteiger partial charge on any atom is -0.287 e. The van der Waals surface area contributed by atoms with Gasteiger partial charge in [-0.15, -0.1) is 0 Å². The molecule has 0 heterocycles. The molecule has 0 aromatic heterocycles. The molecule has 0 fully saturated rings. The Morgan fingerprint density at radius 3 is 1.58 bits per heavy atom. The van der Waals surface area contributed by atoms with Gasteiger partial charge in [0.25, 0.3) is 0 Å². The highest BCUT2D eigenvalue weighted by Crippen LogP contribution is 2.12. The Balaban J connectivity index is 3.53. The van der Waals surface area contributed by atoms with Crippen molar-refractivity contribution >= 4 is 33.8 Å². The van der Waals surface area contributed by atoms with Crippen LogP contribution in [0.15, 0.2) is 24.0 Å². The maximum absolute atomic E-state index is 10.9. The van der Waals surface area contributed by atoms with Gasteiger partial charge in [0.1, 0.15) is 0 Å². The average molecular weight is 202 g/mol. The second-order valence-corrected chi connectivity index (χ2v) is 3.86. The first-order valence-corrected chi connectivity index (χ1v) is 5.07. The largest absolute Gasteiger partial charge is 0.287 e. The van der Waals surface area contributed by atoms with Crippen LogP contribution >= 0.6 is 23.5 Å². The third-order valence-corrected chi connectivity index (χ3v) is 2.23. The lowest BCUT2D eigenvalue weighted by molar-refractivity contribution is -0.115. The van der Waals surface area contributed by atoms with Gasteiger partial charge in [0.05, 0.1) is 0 Å². The van der Waals surface area contributed by atoms with Crippen LogP contribution in [0.2, 0.25) is 0 Å². The molecule has 0 saturated heterocycles. The summed E-state index contributed by atoms with van der Waals surface area (Å²) in [5, 5.41) is 2.88. The molecule has 0 N–H and O–H groups in total. The maximum atomic E-state index is 10.9. The van der Waals surface area contributed by atoms with E-state index in [0.29, 0.717) is 0 Å². The number of hydrogen-bond donors (Lipinski definition) is 0. The molecule has 0 amide bonds. The molecule has 2 nitrogen and oxygen atoms in total. The Labute approximate surface area is 80.5 Å². The van der Waals surface area contributed by atoms with Crippen LogP contribution in [0.25, 0.3) is 0 Å². The van der Waals surface area contributed by atoms with Gasteiger partial charge in [0, 0.05) is 12.8 Å². The van der Waals surface area contributed by atoms with Gasteiger partial charge in [-0.3, -0.25) is 9.59 Å². The number of carbonyl (C=O) groups is 2. The van der Waals surface area contributed by atoms with Crippen LogP contribution < -0.4 is 0 Å². The van der Waals surface area contributed by atoms with Crippen LogP contribution in [0.4, 0.5) is 0 Å². The molecule has 0 saturated carbocycles. The molecule has 0 bridgehead atoms. The van der Waals surface area contributed by atoms with Crippen molar-refractivity contribution in [3.05, 3.63) is 24.0 Å². The topological polar surface area (TPSA) is 34.1 Å². The first kappa shape index (κ1) is 11.5. The summed E-state index contributed by atoms with van der Waals surface area (Å²) in [6, 6.07) is 0. The lowest BCUT2D eigenvalue weighted by Crippen LogP contribution is -1.95. The lowest BCUT2D eigenvalue weighted by Gasteiger charge is -1.94. The molecular formula is C8H10O2S2. The summed E-state index contributed by atoms with van der Waals surface area (Å²) < 4.78 is 0. The lowest BCUT2D eigenvalue weighted by atomic mass is 10.4. The summed E-state index contributed by atoms with van der Waals surface area (Å²) in [6.45, 7) is 6.80. The first-order valence-electron chi connectivity index (χ1n) is 3.31. The molecule has 0 atom stereocenters. The van der Waals surface area contributed by atoms with E-state index in [0.717, 1.165) is 23.5 Å². The van der Waals surface area contributed by atoms with Crippen LogP contribution in [-0.4, -0.2) is 10.2 Å². The van der Waals surface area contributed by atoms with Crippen molar-refractivity contribution in [3.63, 3.8) is 0 Å². The number of carbonyl (C=O) groups excluding carboxylic acids is 2. The summed E-state index contributed by atoms with van der Waals surface area (Å²) in [7, 11) is 0. The van der Waals surface area contributed by atoms with Crippen LogP contribution in [0.5, 0.6) is 0 Å². The van der Waals surface area contributed by atoms with Crippen molar-refractivity contribution in [2.24, 2.45) is 0 Å². The van der Waals surface area contributed by atoms with E-state index in [2.05, 4.69) is 13.2 Å². The van der Waals surface area contributed by atoms with Crippen LogP contribution in [0, 0.1) is 0 Å². The van der Waals surface area contributed by atoms with Crippen molar-refractivity contribution < 1.29 is 9.59 Å². The third kappa shape index (κ3) is 6.24. The molecule has 0 aliphatic rings. The molecule has 0 spiro atoms. The van der Waals surface area contributed by atoms with Crippen molar-refractivity contribution in [3.8, 4) is 0 Å². The Morgan fingerprint density at radius 1 is 1.00 bits per heavy atom. The van der Waals surface area contributed by atoms with Gasteiger partial charge in [0.2, 0.25) is 0 Å². The van der Waals surface area contributed by atoms with E-state index in [-0.39, 0.29) is 23.1 Å². The van der Waals surface area contributed by atoms with Crippen LogP contribution in [0.3, 0.4) is 0 Å². The number of rotatable bonds is 5. The molecule has 0 radical (unpaired) electrons. The fourth-order valence-corrected chi connectivity index (χ4v) is 1.32. The average Bonchev–Trinajstić information content (AvgIpc) is 2.02. The Hall–Kier alpha value is -0.480. The monoisotopic (exact) mass is 202 g/mol. The zero-order chi connectivity index (χ0) is 9.40. The fourth-order valence-electron chi connectivity index (χ4n) is 0.508.